The van der Waals surface area contributed by atoms with E-state index in [9.17, 15) is 8.42 Å². The number of ether oxygens (including phenoxy) is 1. The second-order valence-electron chi connectivity index (χ2n) is 4.89. The third-order valence-corrected chi connectivity index (χ3v) is 4.37. The van der Waals surface area contributed by atoms with E-state index in [2.05, 4.69) is 19.2 Å². The van der Waals surface area contributed by atoms with Gasteiger partial charge in [0.15, 0.2) is 0 Å². The zero-order valence-corrected chi connectivity index (χ0v) is 10.6. The van der Waals surface area contributed by atoms with E-state index < -0.39 is 9.84 Å². The van der Waals surface area contributed by atoms with E-state index in [0.717, 1.165) is 12.8 Å². The van der Waals surface area contributed by atoms with Gasteiger partial charge < -0.3 is 10.1 Å². The maximum atomic E-state index is 11.2. The monoisotopic (exact) mass is 235 g/mol. The lowest BCUT2D eigenvalue weighted by Crippen LogP contribution is -2.51. The minimum atomic E-state index is -2.75. The molecule has 1 N–H and O–H groups in total. The van der Waals surface area contributed by atoms with Gasteiger partial charge in [-0.25, -0.2) is 8.42 Å². The topological polar surface area (TPSA) is 55.4 Å². The summed E-state index contributed by atoms with van der Waals surface area (Å²) in [5, 5.41) is 3.44. The normalized spacial score (nSPS) is 22.9. The van der Waals surface area contributed by atoms with Crippen LogP contribution in [0.4, 0.5) is 0 Å². The Balaban J connectivity index is 2.42. The molecule has 4 nitrogen and oxygen atoms in total. The molecule has 0 unspecified atom stereocenters. The van der Waals surface area contributed by atoms with Gasteiger partial charge >= 0.3 is 0 Å². The van der Waals surface area contributed by atoms with Gasteiger partial charge in [-0.15, -0.1) is 0 Å². The predicted molar refractivity (Wildman–Crippen MR) is 60.8 cm³/mol. The second-order valence-corrected chi connectivity index (χ2v) is 7.19. The third-order valence-electron chi connectivity index (χ3n) is 2.65. The zero-order valence-electron chi connectivity index (χ0n) is 9.75. The van der Waals surface area contributed by atoms with Gasteiger partial charge in [0, 0.05) is 18.7 Å². The minimum Gasteiger partial charge on any atom is -0.383 e. The molecule has 0 atom stereocenters. The molecule has 1 rings (SSSR count). The molecular weight excluding hydrogens is 214 g/mol. The van der Waals surface area contributed by atoms with Crippen molar-refractivity contribution in [3.63, 3.8) is 0 Å². The molecule has 15 heavy (non-hydrogen) atoms. The largest absolute Gasteiger partial charge is 0.383 e. The molecule has 1 heterocycles. The lowest BCUT2D eigenvalue weighted by Gasteiger charge is -2.33. The number of sulfone groups is 1. The third kappa shape index (κ3) is 4.49. The summed E-state index contributed by atoms with van der Waals surface area (Å²) in [6, 6.07) is 0.304. The van der Waals surface area contributed by atoms with Crippen molar-refractivity contribution < 1.29 is 13.2 Å². The predicted octanol–water partition coefficient (Wildman–Crippen LogP) is 0.578. The Hall–Kier alpha value is -0.130. The van der Waals surface area contributed by atoms with Gasteiger partial charge in [-0.1, -0.05) is 0 Å². The Kier molecular flexibility index (Phi) is 4.14. The standard InChI is InChI=1S/C10H21NO3S/c1-10(2,8-14-3)11-9-4-6-15(12,13)7-5-9/h9,11H,4-8H2,1-3H3. The van der Waals surface area contributed by atoms with Crippen molar-refractivity contribution in [3.05, 3.63) is 0 Å². The Morgan fingerprint density at radius 3 is 2.33 bits per heavy atom. The molecule has 0 aromatic carbocycles. The van der Waals surface area contributed by atoms with E-state index in [1.165, 1.54) is 0 Å². The van der Waals surface area contributed by atoms with Crippen molar-refractivity contribution in [1.82, 2.24) is 5.32 Å². The summed E-state index contributed by atoms with van der Waals surface area (Å²) in [6.07, 6.45) is 1.44. The van der Waals surface area contributed by atoms with Crippen LogP contribution in [0.5, 0.6) is 0 Å². The van der Waals surface area contributed by atoms with Crippen LogP contribution >= 0.6 is 0 Å². The molecule has 1 aliphatic rings. The smallest absolute Gasteiger partial charge is 0.150 e. The van der Waals surface area contributed by atoms with E-state index in [1.54, 1.807) is 7.11 Å². The number of hydrogen-bond donors (Lipinski definition) is 1. The first-order valence-corrected chi connectivity index (χ1v) is 7.14. The number of hydrogen-bond acceptors (Lipinski definition) is 4. The molecule has 90 valence electrons. The van der Waals surface area contributed by atoms with Crippen molar-refractivity contribution in [2.45, 2.75) is 38.3 Å². The minimum absolute atomic E-state index is 0.0828. The maximum absolute atomic E-state index is 11.2. The molecular formula is C10H21NO3S. The average molecular weight is 235 g/mol. The lowest BCUT2D eigenvalue weighted by atomic mass is 10.0. The summed E-state index contributed by atoms with van der Waals surface area (Å²) in [5.74, 6) is 0.626. The molecule has 0 bridgehead atoms. The molecule has 0 radical (unpaired) electrons. The van der Waals surface area contributed by atoms with Crippen LogP contribution in [-0.2, 0) is 14.6 Å². The first kappa shape index (κ1) is 12.9. The molecule has 0 spiro atoms. The van der Waals surface area contributed by atoms with Gasteiger partial charge in [0.25, 0.3) is 0 Å². The van der Waals surface area contributed by atoms with Crippen LogP contribution < -0.4 is 5.32 Å². The fourth-order valence-electron chi connectivity index (χ4n) is 1.99. The Bertz CT molecular complexity index is 284. The Morgan fingerprint density at radius 1 is 1.33 bits per heavy atom. The molecule has 0 aliphatic carbocycles. The van der Waals surface area contributed by atoms with Crippen LogP contribution in [0.15, 0.2) is 0 Å². The fourth-order valence-corrected chi connectivity index (χ4v) is 3.48. The highest BCUT2D eigenvalue weighted by molar-refractivity contribution is 7.91. The number of rotatable bonds is 4. The van der Waals surface area contributed by atoms with E-state index in [-0.39, 0.29) is 5.54 Å². The summed E-state index contributed by atoms with van der Waals surface area (Å²) >= 11 is 0. The highest BCUT2D eigenvalue weighted by Crippen LogP contribution is 2.15. The maximum Gasteiger partial charge on any atom is 0.150 e. The molecule has 1 aliphatic heterocycles. The average Bonchev–Trinajstić information content (AvgIpc) is 2.08. The summed E-state index contributed by atoms with van der Waals surface area (Å²) in [5.41, 5.74) is -0.0828. The van der Waals surface area contributed by atoms with E-state index in [1.807, 2.05) is 0 Å². The Labute approximate surface area is 92.3 Å². The molecule has 0 amide bonds. The van der Waals surface area contributed by atoms with Crippen LogP contribution in [0.2, 0.25) is 0 Å². The van der Waals surface area contributed by atoms with Crippen LogP contribution in [0, 0.1) is 0 Å². The van der Waals surface area contributed by atoms with Gasteiger partial charge in [0.2, 0.25) is 0 Å². The quantitative estimate of drug-likeness (QED) is 0.774. The van der Waals surface area contributed by atoms with E-state index >= 15 is 0 Å². The zero-order chi connectivity index (χ0) is 11.5. The highest BCUT2D eigenvalue weighted by atomic mass is 32.2. The van der Waals surface area contributed by atoms with Gasteiger partial charge in [-0.2, -0.15) is 0 Å². The first-order chi connectivity index (χ1) is 6.85. The van der Waals surface area contributed by atoms with Crippen molar-refractivity contribution in [2.24, 2.45) is 0 Å². The summed E-state index contributed by atoms with van der Waals surface area (Å²) < 4.78 is 27.6. The van der Waals surface area contributed by atoms with Crippen molar-refractivity contribution >= 4 is 9.84 Å². The Morgan fingerprint density at radius 2 is 1.87 bits per heavy atom. The van der Waals surface area contributed by atoms with Crippen molar-refractivity contribution in [3.8, 4) is 0 Å². The van der Waals surface area contributed by atoms with E-state index in [0.29, 0.717) is 24.2 Å². The first-order valence-electron chi connectivity index (χ1n) is 5.32. The summed E-state index contributed by atoms with van der Waals surface area (Å²) in [4.78, 5) is 0. The SMILES string of the molecule is COCC(C)(C)NC1CCS(=O)(=O)CC1. The molecule has 0 aromatic heterocycles. The van der Waals surface area contributed by atoms with Gasteiger partial charge in [0.05, 0.1) is 18.1 Å². The van der Waals surface area contributed by atoms with Crippen molar-refractivity contribution in [1.29, 1.82) is 0 Å². The highest BCUT2D eigenvalue weighted by Gasteiger charge is 2.28. The van der Waals surface area contributed by atoms with Gasteiger partial charge in [-0.3, -0.25) is 0 Å². The number of methoxy groups -OCH3 is 1. The van der Waals surface area contributed by atoms with Gasteiger partial charge in [0.1, 0.15) is 9.84 Å². The second kappa shape index (κ2) is 4.80. The fraction of sp³-hybridized carbons (Fsp3) is 1.00. The summed E-state index contributed by atoms with van der Waals surface area (Å²) in [7, 11) is -1.08. The molecule has 0 saturated carbocycles. The van der Waals surface area contributed by atoms with Crippen LogP contribution in [0.1, 0.15) is 26.7 Å². The van der Waals surface area contributed by atoms with Crippen LogP contribution in [0.3, 0.4) is 0 Å². The lowest BCUT2D eigenvalue weighted by molar-refractivity contribution is 0.119. The van der Waals surface area contributed by atoms with Crippen LogP contribution in [-0.4, -0.2) is 45.2 Å². The molecule has 1 fully saturated rings. The molecule has 0 aromatic rings. The van der Waals surface area contributed by atoms with Gasteiger partial charge in [-0.05, 0) is 26.7 Å². The molecule has 5 heteroatoms. The number of nitrogens with one attached hydrogen (secondary N) is 1. The van der Waals surface area contributed by atoms with Crippen LogP contribution in [0.25, 0.3) is 0 Å². The molecule has 1 saturated heterocycles. The van der Waals surface area contributed by atoms with E-state index in [4.69, 9.17) is 4.74 Å². The summed E-state index contributed by atoms with van der Waals surface area (Å²) in [6.45, 7) is 4.77. The van der Waals surface area contributed by atoms with Crippen molar-refractivity contribution in [2.75, 3.05) is 25.2 Å².